The maximum Gasteiger partial charge on any atom is 0.434 e. The van der Waals surface area contributed by atoms with Crippen LogP contribution in [0.2, 0.25) is 0 Å². The molecular weight excluding hydrogens is 570 g/mol. The molecule has 0 bridgehead atoms. The second-order valence-electron chi connectivity index (χ2n) is 7.50. The van der Waals surface area contributed by atoms with E-state index in [0.29, 0.717) is 18.0 Å². The molecule has 13 nitrogen and oxygen atoms in total. The molecule has 0 radical (unpaired) electrons. The van der Waals surface area contributed by atoms with E-state index in [9.17, 15) is 31.1 Å². The van der Waals surface area contributed by atoms with E-state index in [1.807, 2.05) is 0 Å². The van der Waals surface area contributed by atoms with Gasteiger partial charge in [0.1, 0.15) is 5.56 Å². The lowest BCUT2D eigenvalue weighted by Gasteiger charge is -2.05. The van der Waals surface area contributed by atoms with Crippen LogP contribution in [0.1, 0.15) is 34.2 Å². The van der Waals surface area contributed by atoms with Crippen LogP contribution in [-0.4, -0.2) is 71.4 Å². The van der Waals surface area contributed by atoms with Crippen molar-refractivity contribution in [2.24, 2.45) is 0 Å². The zero-order chi connectivity index (χ0) is 30.4. The van der Waals surface area contributed by atoms with Gasteiger partial charge in [-0.25, -0.2) is 34.1 Å². The Hall–Kier alpha value is -4.81. The zero-order valence-corrected chi connectivity index (χ0v) is 21.3. The van der Waals surface area contributed by atoms with Crippen LogP contribution in [0.4, 0.5) is 26.3 Å². The number of aliphatic hydroxyl groups excluding tert-OH is 1. The number of methoxy groups -OCH3 is 2. The van der Waals surface area contributed by atoms with Gasteiger partial charge in [-0.2, -0.15) is 26.3 Å². The number of esters is 1. The first-order chi connectivity index (χ1) is 19.3. The largest absolute Gasteiger partial charge is 0.480 e. The van der Waals surface area contributed by atoms with Gasteiger partial charge in [0.2, 0.25) is 11.8 Å². The summed E-state index contributed by atoms with van der Waals surface area (Å²) in [6, 6.07) is 0. The molecule has 41 heavy (non-hydrogen) atoms. The molecule has 0 spiro atoms. The minimum atomic E-state index is -4.58. The molecule has 4 aromatic heterocycles. The van der Waals surface area contributed by atoms with Crippen LogP contribution < -0.4 is 9.47 Å². The van der Waals surface area contributed by atoms with Crippen molar-refractivity contribution in [1.29, 1.82) is 0 Å². The average Bonchev–Trinajstić information content (AvgIpc) is 3.57. The predicted octanol–water partition coefficient (Wildman–Crippen LogP) is 3.05. The molecule has 0 saturated heterocycles. The Labute approximate surface area is 226 Å². The van der Waals surface area contributed by atoms with Gasteiger partial charge in [-0.05, 0) is 6.92 Å². The van der Waals surface area contributed by atoms with E-state index in [1.165, 1.54) is 31.3 Å². The number of aliphatic hydroxyl groups is 1. The van der Waals surface area contributed by atoms with Crippen LogP contribution in [-0.2, 0) is 23.7 Å². The Morgan fingerprint density at radius 1 is 0.805 bits per heavy atom. The third-order valence-electron chi connectivity index (χ3n) is 4.81. The molecule has 0 saturated carbocycles. The molecule has 0 atom stereocenters. The highest BCUT2D eigenvalue weighted by molar-refractivity contribution is 5.91. The van der Waals surface area contributed by atoms with E-state index in [0.717, 1.165) is 17.1 Å². The molecule has 19 heteroatoms. The van der Waals surface area contributed by atoms with Crippen molar-refractivity contribution in [3.05, 3.63) is 59.7 Å². The molecule has 0 fully saturated rings. The third-order valence-corrected chi connectivity index (χ3v) is 4.81. The van der Waals surface area contributed by atoms with E-state index in [1.54, 1.807) is 6.92 Å². The smallest absolute Gasteiger partial charge is 0.434 e. The standard InChI is InChI=1S/C12H11F3N4O3.C10H9F3N4O2/c1-3-22-11(20)7-6-19(18-10(7)21-2)9-5-16-8(4-17-9)12(13,14)15;1-19-9-6(5-18)4-17(16-9)8-3-14-7(2-15-8)10(11,12)13/h4-6H,3H2,1-2H3;2-4,18H,5H2,1H3. The van der Waals surface area contributed by atoms with Crippen LogP contribution in [0.5, 0.6) is 11.8 Å². The lowest BCUT2D eigenvalue weighted by Crippen LogP contribution is -2.10. The number of hydrogen-bond donors (Lipinski definition) is 1. The summed E-state index contributed by atoms with van der Waals surface area (Å²) in [6.07, 6.45) is -3.45. The molecule has 0 aliphatic heterocycles. The minimum absolute atomic E-state index is 0.00171. The van der Waals surface area contributed by atoms with Gasteiger partial charge in [-0.3, -0.25) is 0 Å². The molecule has 0 aliphatic carbocycles. The minimum Gasteiger partial charge on any atom is -0.480 e. The monoisotopic (exact) mass is 590 g/mol. The molecule has 4 aromatic rings. The fraction of sp³-hybridized carbons (Fsp3) is 0.318. The van der Waals surface area contributed by atoms with E-state index in [-0.39, 0.29) is 42.2 Å². The molecular formula is C22H20F6N8O5. The van der Waals surface area contributed by atoms with Crippen LogP contribution >= 0.6 is 0 Å². The summed E-state index contributed by atoms with van der Waals surface area (Å²) in [4.78, 5) is 25.5. The summed E-state index contributed by atoms with van der Waals surface area (Å²) < 4.78 is 91.2. The van der Waals surface area contributed by atoms with Gasteiger partial charge in [0.25, 0.3) is 0 Å². The SMILES string of the molecule is CCOC(=O)c1cn(-c2cnc(C(F)(F)F)cn2)nc1OC.COc1nn(-c2cnc(C(F)(F)F)cn2)cc1CO. The Morgan fingerprint density at radius 3 is 1.66 bits per heavy atom. The highest BCUT2D eigenvalue weighted by Crippen LogP contribution is 2.28. The van der Waals surface area contributed by atoms with Gasteiger partial charge in [0, 0.05) is 6.20 Å². The molecule has 0 unspecified atom stereocenters. The van der Waals surface area contributed by atoms with Crippen molar-refractivity contribution in [2.75, 3.05) is 20.8 Å². The number of nitrogens with zero attached hydrogens (tertiary/aromatic N) is 8. The van der Waals surface area contributed by atoms with E-state index in [2.05, 4.69) is 30.1 Å². The first kappa shape index (κ1) is 30.7. The van der Waals surface area contributed by atoms with Crippen molar-refractivity contribution in [3.63, 3.8) is 0 Å². The Kier molecular flexibility index (Phi) is 9.43. The topological polar surface area (TPSA) is 152 Å². The number of halogens is 6. The number of ether oxygens (including phenoxy) is 3. The predicted molar refractivity (Wildman–Crippen MR) is 123 cm³/mol. The number of carbonyl (C=O) groups is 1. The number of carbonyl (C=O) groups excluding carboxylic acids is 1. The number of aromatic nitrogens is 8. The number of alkyl halides is 6. The molecule has 0 aromatic carbocycles. The van der Waals surface area contributed by atoms with Crippen molar-refractivity contribution in [2.45, 2.75) is 25.9 Å². The van der Waals surface area contributed by atoms with Gasteiger partial charge in [0.05, 0.1) is 64.0 Å². The van der Waals surface area contributed by atoms with Gasteiger partial charge in [-0.1, -0.05) is 0 Å². The lowest BCUT2D eigenvalue weighted by molar-refractivity contribution is -0.142. The van der Waals surface area contributed by atoms with Crippen LogP contribution in [0, 0.1) is 0 Å². The molecule has 0 aliphatic rings. The van der Waals surface area contributed by atoms with E-state index >= 15 is 0 Å². The second-order valence-corrected chi connectivity index (χ2v) is 7.50. The summed E-state index contributed by atoms with van der Waals surface area (Å²) in [7, 11) is 2.66. The number of hydrogen-bond acceptors (Lipinski definition) is 11. The highest BCUT2D eigenvalue weighted by atomic mass is 19.4. The van der Waals surface area contributed by atoms with Crippen LogP contribution in [0.15, 0.2) is 37.2 Å². The number of rotatable bonds is 7. The zero-order valence-electron chi connectivity index (χ0n) is 21.3. The molecule has 1 N–H and O–H groups in total. The summed E-state index contributed by atoms with van der Waals surface area (Å²) in [5.41, 5.74) is -1.78. The fourth-order valence-electron chi connectivity index (χ4n) is 2.94. The molecule has 220 valence electrons. The summed E-state index contributed by atoms with van der Waals surface area (Å²) >= 11 is 0. The summed E-state index contributed by atoms with van der Waals surface area (Å²) in [6.45, 7) is 1.49. The fourth-order valence-corrected chi connectivity index (χ4v) is 2.94. The first-order valence-electron chi connectivity index (χ1n) is 11.2. The normalized spacial score (nSPS) is 11.5. The van der Waals surface area contributed by atoms with Crippen LogP contribution in [0.3, 0.4) is 0 Å². The molecule has 0 amide bonds. The maximum absolute atomic E-state index is 12.4. The van der Waals surface area contributed by atoms with Crippen molar-refractivity contribution in [3.8, 4) is 23.4 Å². The molecule has 4 heterocycles. The highest BCUT2D eigenvalue weighted by Gasteiger charge is 2.33. The molecule has 4 rings (SSSR count). The third kappa shape index (κ3) is 7.44. The van der Waals surface area contributed by atoms with Gasteiger partial charge in [-0.15, -0.1) is 10.2 Å². The van der Waals surface area contributed by atoms with Crippen molar-refractivity contribution < 1.29 is 50.5 Å². The van der Waals surface area contributed by atoms with Crippen LogP contribution in [0.25, 0.3) is 11.6 Å². The Morgan fingerprint density at radius 2 is 1.29 bits per heavy atom. The van der Waals surface area contributed by atoms with Gasteiger partial charge in [0.15, 0.2) is 23.0 Å². The maximum atomic E-state index is 12.4. The van der Waals surface area contributed by atoms with Crippen molar-refractivity contribution in [1.82, 2.24) is 39.5 Å². The Bertz CT molecular complexity index is 1430. The van der Waals surface area contributed by atoms with Gasteiger partial charge < -0.3 is 19.3 Å². The van der Waals surface area contributed by atoms with Gasteiger partial charge >= 0.3 is 18.3 Å². The quantitative estimate of drug-likeness (QED) is 0.250. The summed E-state index contributed by atoms with van der Waals surface area (Å²) in [5, 5.41) is 16.9. The second kappa shape index (κ2) is 12.6. The first-order valence-corrected chi connectivity index (χ1v) is 11.2. The Balaban J connectivity index is 0.000000228. The van der Waals surface area contributed by atoms with Crippen molar-refractivity contribution >= 4 is 5.97 Å². The summed E-state index contributed by atoms with van der Waals surface area (Å²) in [5.74, 6) is -0.428. The van der Waals surface area contributed by atoms with E-state index in [4.69, 9.17) is 19.3 Å². The average molecular weight is 590 g/mol. The lowest BCUT2D eigenvalue weighted by atomic mass is 10.3. The van der Waals surface area contributed by atoms with E-state index < -0.39 is 29.7 Å².